The number of furan rings is 1. The molecule has 78 valence electrons. The molecule has 0 fully saturated rings. The van der Waals surface area contributed by atoms with Crippen molar-refractivity contribution in [1.29, 1.82) is 0 Å². The van der Waals surface area contributed by atoms with E-state index in [1.807, 2.05) is 24.3 Å². The topological polar surface area (TPSA) is 22.4 Å². The smallest absolute Gasteiger partial charge is 0.134 e. The Balaban J connectivity index is 1.99. The Hall–Kier alpha value is -1.54. The van der Waals surface area contributed by atoms with Crippen LogP contribution < -0.4 is 0 Å². The van der Waals surface area contributed by atoms with Crippen LogP contribution >= 0.6 is 0 Å². The van der Waals surface area contributed by atoms with Crippen molar-refractivity contribution in [2.45, 2.75) is 6.42 Å². The number of rotatable bonds is 5. The van der Waals surface area contributed by atoms with Gasteiger partial charge in [0.15, 0.2) is 0 Å². The first kappa shape index (κ1) is 9.99. The van der Waals surface area contributed by atoms with Gasteiger partial charge in [0.1, 0.15) is 11.3 Å². The number of hydrogen-bond acceptors (Lipinski definition) is 2. The highest BCUT2D eigenvalue weighted by Gasteiger charge is 2.01. The third-order valence-electron chi connectivity index (χ3n) is 2.21. The quantitative estimate of drug-likeness (QED) is 0.549. The van der Waals surface area contributed by atoms with E-state index < -0.39 is 0 Å². The van der Waals surface area contributed by atoms with E-state index in [1.54, 1.807) is 6.08 Å². The van der Waals surface area contributed by atoms with E-state index in [2.05, 4.69) is 12.6 Å². The predicted octanol–water partition coefficient (Wildman–Crippen LogP) is 3.18. The highest BCUT2D eigenvalue weighted by molar-refractivity contribution is 5.77. The second kappa shape index (κ2) is 4.80. The van der Waals surface area contributed by atoms with Gasteiger partial charge in [0, 0.05) is 11.8 Å². The number of hydrogen-bond donors (Lipinski definition) is 0. The molecular weight excluding hydrogens is 188 g/mol. The summed E-state index contributed by atoms with van der Waals surface area (Å²) in [6.45, 7) is 4.86. The van der Waals surface area contributed by atoms with Gasteiger partial charge in [-0.05, 0) is 12.1 Å². The number of fused-ring (bicyclic) bond motifs is 1. The van der Waals surface area contributed by atoms with E-state index in [0.29, 0.717) is 13.2 Å². The normalized spacial score (nSPS) is 10.7. The van der Waals surface area contributed by atoms with Crippen LogP contribution in [0.5, 0.6) is 0 Å². The van der Waals surface area contributed by atoms with Gasteiger partial charge in [0.05, 0.1) is 13.2 Å². The molecule has 2 nitrogen and oxygen atoms in total. The van der Waals surface area contributed by atoms with E-state index in [9.17, 15) is 0 Å². The molecule has 1 heterocycles. The van der Waals surface area contributed by atoms with Crippen LogP contribution in [0.25, 0.3) is 11.0 Å². The maximum Gasteiger partial charge on any atom is 0.134 e. The molecular formula is C13H14O2. The van der Waals surface area contributed by atoms with E-state index >= 15 is 0 Å². The molecule has 1 aromatic carbocycles. The van der Waals surface area contributed by atoms with Crippen LogP contribution in [-0.2, 0) is 11.2 Å². The molecule has 2 rings (SSSR count). The maximum atomic E-state index is 5.64. The van der Waals surface area contributed by atoms with Crippen LogP contribution in [-0.4, -0.2) is 13.2 Å². The average molecular weight is 202 g/mol. The summed E-state index contributed by atoms with van der Waals surface area (Å²) in [6.07, 6.45) is 2.56. The lowest BCUT2D eigenvalue weighted by atomic mass is 10.2. The standard InChI is InChI=1S/C13H14O2/c1-2-8-14-9-7-12-10-11-5-3-4-6-13(11)15-12/h2-6,10H,1,7-9H2. The summed E-state index contributed by atoms with van der Waals surface area (Å²) in [4.78, 5) is 0. The third kappa shape index (κ3) is 2.48. The van der Waals surface area contributed by atoms with Crippen molar-refractivity contribution in [3.8, 4) is 0 Å². The molecule has 0 aliphatic rings. The van der Waals surface area contributed by atoms with Crippen LogP contribution in [0, 0.1) is 0 Å². The van der Waals surface area contributed by atoms with Gasteiger partial charge in [0.25, 0.3) is 0 Å². The first-order valence-corrected chi connectivity index (χ1v) is 5.06. The van der Waals surface area contributed by atoms with Crippen LogP contribution in [0.3, 0.4) is 0 Å². The summed E-state index contributed by atoms with van der Waals surface area (Å²) in [6, 6.07) is 10.1. The van der Waals surface area contributed by atoms with Gasteiger partial charge in [0.2, 0.25) is 0 Å². The molecule has 0 aliphatic heterocycles. The summed E-state index contributed by atoms with van der Waals surface area (Å²) in [7, 11) is 0. The molecule has 1 aromatic heterocycles. The second-order valence-electron chi connectivity index (χ2n) is 3.36. The van der Waals surface area contributed by atoms with E-state index in [-0.39, 0.29) is 0 Å². The van der Waals surface area contributed by atoms with Crippen LogP contribution in [0.4, 0.5) is 0 Å². The minimum atomic E-state index is 0.597. The zero-order valence-electron chi connectivity index (χ0n) is 8.61. The Kier molecular flexibility index (Phi) is 3.20. The monoisotopic (exact) mass is 202 g/mol. The molecule has 2 heteroatoms. The largest absolute Gasteiger partial charge is 0.461 e. The number of benzene rings is 1. The number of ether oxygens (including phenoxy) is 1. The Morgan fingerprint density at radius 1 is 1.33 bits per heavy atom. The van der Waals surface area contributed by atoms with Crippen molar-refractivity contribution in [2.75, 3.05) is 13.2 Å². The van der Waals surface area contributed by atoms with E-state index in [4.69, 9.17) is 9.15 Å². The molecule has 0 saturated heterocycles. The lowest BCUT2D eigenvalue weighted by molar-refractivity contribution is 0.162. The third-order valence-corrected chi connectivity index (χ3v) is 2.21. The van der Waals surface area contributed by atoms with Gasteiger partial charge in [-0.1, -0.05) is 24.3 Å². The Labute approximate surface area is 89.2 Å². The van der Waals surface area contributed by atoms with E-state index in [0.717, 1.165) is 23.2 Å². The summed E-state index contributed by atoms with van der Waals surface area (Å²) >= 11 is 0. The molecule has 0 N–H and O–H groups in total. The highest BCUT2D eigenvalue weighted by Crippen LogP contribution is 2.18. The lowest BCUT2D eigenvalue weighted by Gasteiger charge is -1.97. The van der Waals surface area contributed by atoms with Gasteiger partial charge in [-0.15, -0.1) is 6.58 Å². The fraction of sp³-hybridized carbons (Fsp3) is 0.231. The molecule has 2 aromatic rings. The van der Waals surface area contributed by atoms with E-state index in [1.165, 1.54) is 0 Å². The first-order valence-electron chi connectivity index (χ1n) is 5.06. The zero-order chi connectivity index (χ0) is 10.5. The second-order valence-corrected chi connectivity index (χ2v) is 3.36. The summed E-state index contributed by atoms with van der Waals surface area (Å²) in [5, 5.41) is 1.15. The average Bonchev–Trinajstić information content (AvgIpc) is 2.67. The molecule has 0 amide bonds. The predicted molar refractivity (Wildman–Crippen MR) is 60.9 cm³/mol. The summed E-state index contributed by atoms with van der Waals surface area (Å²) in [5.41, 5.74) is 0.941. The van der Waals surface area contributed by atoms with Gasteiger partial charge in [-0.25, -0.2) is 0 Å². The molecule has 0 atom stereocenters. The Morgan fingerprint density at radius 3 is 3.00 bits per heavy atom. The fourth-order valence-electron chi connectivity index (χ4n) is 1.50. The van der Waals surface area contributed by atoms with Crippen molar-refractivity contribution in [3.05, 3.63) is 48.7 Å². The number of para-hydroxylation sites is 1. The minimum Gasteiger partial charge on any atom is -0.461 e. The van der Waals surface area contributed by atoms with Gasteiger partial charge in [-0.3, -0.25) is 0 Å². The van der Waals surface area contributed by atoms with Crippen molar-refractivity contribution < 1.29 is 9.15 Å². The lowest BCUT2D eigenvalue weighted by Crippen LogP contribution is -1.96. The summed E-state index contributed by atoms with van der Waals surface area (Å²) < 4.78 is 10.9. The van der Waals surface area contributed by atoms with Crippen LogP contribution in [0.2, 0.25) is 0 Å². The van der Waals surface area contributed by atoms with Crippen LogP contribution in [0.15, 0.2) is 47.4 Å². The molecule has 0 spiro atoms. The van der Waals surface area contributed by atoms with Crippen LogP contribution in [0.1, 0.15) is 5.76 Å². The summed E-state index contributed by atoms with van der Waals surface area (Å²) in [5.74, 6) is 0.972. The Bertz CT molecular complexity index is 409. The minimum absolute atomic E-state index is 0.597. The van der Waals surface area contributed by atoms with Crippen molar-refractivity contribution in [3.63, 3.8) is 0 Å². The SMILES string of the molecule is C=CCOCCc1cc2ccccc2o1. The highest BCUT2D eigenvalue weighted by atomic mass is 16.5. The fourth-order valence-corrected chi connectivity index (χ4v) is 1.50. The maximum absolute atomic E-state index is 5.64. The molecule has 0 radical (unpaired) electrons. The molecule has 0 unspecified atom stereocenters. The molecule has 0 aliphatic carbocycles. The van der Waals surface area contributed by atoms with Crippen molar-refractivity contribution in [2.24, 2.45) is 0 Å². The zero-order valence-corrected chi connectivity index (χ0v) is 8.61. The Morgan fingerprint density at radius 2 is 2.20 bits per heavy atom. The van der Waals surface area contributed by atoms with Crippen molar-refractivity contribution in [1.82, 2.24) is 0 Å². The van der Waals surface area contributed by atoms with Gasteiger partial charge < -0.3 is 9.15 Å². The molecule has 15 heavy (non-hydrogen) atoms. The van der Waals surface area contributed by atoms with Crippen molar-refractivity contribution >= 4 is 11.0 Å². The molecule has 0 saturated carbocycles. The van der Waals surface area contributed by atoms with Gasteiger partial charge in [-0.2, -0.15) is 0 Å². The molecule has 0 bridgehead atoms. The first-order chi connectivity index (χ1) is 7.40. The van der Waals surface area contributed by atoms with Gasteiger partial charge >= 0.3 is 0 Å².